The molecule has 0 radical (unpaired) electrons. The van der Waals surface area contributed by atoms with E-state index in [2.05, 4.69) is 34.6 Å². The van der Waals surface area contributed by atoms with Crippen molar-refractivity contribution in [3.05, 3.63) is 87.0 Å². The number of aromatic nitrogens is 3. The first-order valence-electron chi connectivity index (χ1n) is 11.4. The first-order valence-corrected chi connectivity index (χ1v) is 13.2. The number of thioether (sulfide) groups is 1. The van der Waals surface area contributed by atoms with Crippen molar-refractivity contribution in [1.82, 2.24) is 14.8 Å². The molecular formula is C27H27N5O2S2. The first kappa shape index (κ1) is 25.5. The van der Waals surface area contributed by atoms with Crippen LogP contribution in [0, 0.1) is 39.0 Å². The summed E-state index contributed by atoms with van der Waals surface area (Å²) in [6.07, 6.45) is 0. The lowest BCUT2D eigenvalue weighted by Gasteiger charge is -2.13. The van der Waals surface area contributed by atoms with Gasteiger partial charge in [0.2, 0.25) is 5.91 Å². The number of hydrogen-bond donors (Lipinski definition) is 1. The molecule has 0 aliphatic carbocycles. The van der Waals surface area contributed by atoms with E-state index in [0.717, 1.165) is 32.9 Å². The molecule has 0 spiro atoms. The van der Waals surface area contributed by atoms with Gasteiger partial charge < -0.3 is 10.1 Å². The molecule has 2 aromatic heterocycles. The maximum atomic E-state index is 12.7. The fourth-order valence-electron chi connectivity index (χ4n) is 3.62. The number of anilines is 1. The van der Waals surface area contributed by atoms with E-state index in [1.54, 1.807) is 0 Å². The van der Waals surface area contributed by atoms with Crippen molar-refractivity contribution < 1.29 is 9.53 Å². The van der Waals surface area contributed by atoms with Crippen molar-refractivity contribution in [3.63, 3.8) is 0 Å². The van der Waals surface area contributed by atoms with Crippen molar-refractivity contribution in [1.29, 1.82) is 5.26 Å². The third-order valence-corrected chi connectivity index (χ3v) is 8.06. The van der Waals surface area contributed by atoms with Crippen molar-refractivity contribution in [2.24, 2.45) is 0 Å². The van der Waals surface area contributed by atoms with Gasteiger partial charge in [-0.05, 0) is 56.0 Å². The van der Waals surface area contributed by atoms with Crippen molar-refractivity contribution >= 4 is 34.0 Å². The minimum atomic E-state index is -0.194. The Morgan fingerprint density at radius 2 is 1.86 bits per heavy atom. The van der Waals surface area contributed by atoms with Crippen molar-refractivity contribution in [2.75, 3.05) is 11.1 Å². The lowest BCUT2D eigenvalue weighted by molar-refractivity contribution is -0.113. The van der Waals surface area contributed by atoms with Gasteiger partial charge in [-0.25, -0.2) is 0 Å². The van der Waals surface area contributed by atoms with Crippen LogP contribution < -0.4 is 10.1 Å². The second-order valence-electron chi connectivity index (χ2n) is 8.39. The number of nitrogens with zero attached hydrogens (tertiary/aromatic N) is 4. The Morgan fingerprint density at radius 3 is 2.61 bits per heavy atom. The molecule has 4 rings (SSSR count). The second kappa shape index (κ2) is 11.4. The highest BCUT2D eigenvalue weighted by Crippen LogP contribution is 2.32. The van der Waals surface area contributed by atoms with E-state index in [-0.39, 0.29) is 18.3 Å². The number of nitrogens with one attached hydrogen (secondary N) is 1. The van der Waals surface area contributed by atoms with E-state index < -0.39 is 0 Å². The predicted octanol–water partition coefficient (Wildman–Crippen LogP) is 5.80. The molecule has 4 aromatic rings. The summed E-state index contributed by atoms with van der Waals surface area (Å²) >= 11 is 2.73. The van der Waals surface area contributed by atoms with Crippen molar-refractivity contribution in [3.8, 4) is 11.8 Å². The van der Waals surface area contributed by atoms with Gasteiger partial charge in [0.25, 0.3) is 0 Å². The third kappa shape index (κ3) is 5.78. The van der Waals surface area contributed by atoms with Crippen LogP contribution in [0.5, 0.6) is 5.75 Å². The number of benzene rings is 2. The van der Waals surface area contributed by atoms with Gasteiger partial charge in [-0.15, -0.1) is 21.5 Å². The molecule has 0 bridgehead atoms. The van der Waals surface area contributed by atoms with Crippen LogP contribution in [0.1, 0.15) is 38.5 Å². The van der Waals surface area contributed by atoms with Gasteiger partial charge in [0.15, 0.2) is 11.0 Å². The zero-order valence-electron chi connectivity index (χ0n) is 20.7. The largest absolute Gasteiger partial charge is 0.485 e. The summed E-state index contributed by atoms with van der Waals surface area (Å²) in [5.74, 6) is 1.44. The maximum absolute atomic E-state index is 12.7. The highest BCUT2D eigenvalue weighted by molar-refractivity contribution is 7.99. The number of nitriles is 1. The normalized spacial score (nSPS) is 10.8. The molecule has 2 aromatic carbocycles. The zero-order valence-corrected chi connectivity index (χ0v) is 22.3. The van der Waals surface area contributed by atoms with Crippen LogP contribution in [0.2, 0.25) is 0 Å². The molecule has 0 saturated carbocycles. The van der Waals surface area contributed by atoms with Gasteiger partial charge >= 0.3 is 0 Å². The van der Waals surface area contributed by atoms with Crippen LogP contribution in [0.15, 0.2) is 53.7 Å². The molecule has 0 saturated heterocycles. The van der Waals surface area contributed by atoms with Gasteiger partial charge in [-0.3, -0.25) is 9.36 Å². The van der Waals surface area contributed by atoms with Crippen LogP contribution in [0.4, 0.5) is 5.00 Å². The number of rotatable bonds is 9. The van der Waals surface area contributed by atoms with E-state index in [0.29, 0.717) is 28.1 Å². The molecule has 1 N–H and O–H groups in total. The highest BCUT2D eigenvalue weighted by atomic mass is 32.2. The quantitative estimate of drug-likeness (QED) is 0.282. The number of thiophene rings is 1. The monoisotopic (exact) mass is 517 g/mol. The van der Waals surface area contributed by atoms with Gasteiger partial charge in [0.05, 0.1) is 17.9 Å². The number of amides is 1. The van der Waals surface area contributed by atoms with E-state index >= 15 is 0 Å². The summed E-state index contributed by atoms with van der Waals surface area (Å²) in [5.41, 5.74) is 4.78. The Balaban J connectivity index is 1.50. The number of aryl methyl sites for hydroxylation is 2. The third-order valence-electron chi connectivity index (χ3n) is 5.97. The smallest absolute Gasteiger partial charge is 0.235 e. The number of hydrogen-bond acceptors (Lipinski definition) is 7. The molecule has 1 amide bonds. The summed E-state index contributed by atoms with van der Waals surface area (Å²) in [5, 5.41) is 22.3. The Hall–Kier alpha value is -3.61. The average Bonchev–Trinajstić information content (AvgIpc) is 3.37. The Morgan fingerprint density at radius 1 is 1.08 bits per heavy atom. The van der Waals surface area contributed by atoms with E-state index in [1.807, 2.05) is 67.8 Å². The molecule has 7 nitrogen and oxygen atoms in total. The van der Waals surface area contributed by atoms with E-state index in [4.69, 9.17) is 4.74 Å². The van der Waals surface area contributed by atoms with Crippen LogP contribution in [-0.4, -0.2) is 26.4 Å². The van der Waals surface area contributed by atoms with Gasteiger partial charge in [0.1, 0.15) is 23.4 Å². The Kier molecular flexibility index (Phi) is 8.08. The molecule has 36 heavy (non-hydrogen) atoms. The van der Waals surface area contributed by atoms with Crippen LogP contribution in [0.25, 0.3) is 0 Å². The lowest BCUT2D eigenvalue weighted by atomic mass is 10.1. The molecule has 0 aliphatic heterocycles. The topological polar surface area (TPSA) is 92.8 Å². The zero-order chi connectivity index (χ0) is 25.7. The molecular weight excluding hydrogens is 490 g/mol. The van der Waals surface area contributed by atoms with Gasteiger partial charge in [-0.1, -0.05) is 54.2 Å². The molecule has 184 valence electrons. The molecule has 0 aliphatic rings. The molecule has 9 heteroatoms. The predicted molar refractivity (Wildman–Crippen MR) is 144 cm³/mol. The molecule has 0 fully saturated rings. The summed E-state index contributed by atoms with van der Waals surface area (Å²) in [7, 11) is 0. The van der Waals surface area contributed by atoms with E-state index in [9.17, 15) is 10.1 Å². The highest BCUT2D eigenvalue weighted by Gasteiger charge is 2.18. The first-order chi connectivity index (χ1) is 17.4. The van der Waals surface area contributed by atoms with Crippen LogP contribution >= 0.6 is 23.1 Å². The minimum absolute atomic E-state index is 0.144. The molecule has 2 heterocycles. The molecule has 0 unspecified atom stereocenters. The van der Waals surface area contributed by atoms with E-state index in [1.165, 1.54) is 23.1 Å². The summed E-state index contributed by atoms with van der Waals surface area (Å²) < 4.78 is 8.08. The minimum Gasteiger partial charge on any atom is -0.485 e. The standard InChI is InChI=1S/C27H27N5O2S2/c1-17-9-8-12-23(18(17)2)34-15-24-30-31-27(32(24)14-21-10-6-5-7-11-21)35-16-25(33)29-26-22(13-28)19(3)20(4)36-26/h5-12H,14-16H2,1-4H3,(H,29,33). The number of carbonyl (C=O) groups is 1. The van der Waals surface area contributed by atoms with Crippen LogP contribution in [-0.2, 0) is 17.9 Å². The maximum Gasteiger partial charge on any atom is 0.235 e. The lowest BCUT2D eigenvalue weighted by Crippen LogP contribution is -2.15. The molecule has 0 atom stereocenters. The fourth-order valence-corrected chi connectivity index (χ4v) is 5.41. The Labute approximate surface area is 219 Å². The summed E-state index contributed by atoms with van der Waals surface area (Å²) in [4.78, 5) is 13.7. The van der Waals surface area contributed by atoms with Gasteiger partial charge in [-0.2, -0.15) is 5.26 Å². The van der Waals surface area contributed by atoms with Gasteiger partial charge in [0, 0.05) is 4.88 Å². The number of ether oxygens (including phenoxy) is 1. The Bertz CT molecular complexity index is 1420. The summed E-state index contributed by atoms with van der Waals surface area (Å²) in [6, 6.07) is 18.2. The van der Waals surface area contributed by atoms with Crippen molar-refractivity contribution in [2.45, 2.75) is 46.0 Å². The number of carbonyl (C=O) groups excluding carboxylic acids is 1. The SMILES string of the molecule is Cc1cccc(OCc2nnc(SCC(=O)Nc3sc(C)c(C)c3C#N)n2Cc2ccccc2)c1C. The second-order valence-corrected chi connectivity index (χ2v) is 10.6. The summed E-state index contributed by atoms with van der Waals surface area (Å²) in [6.45, 7) is 8.75. The van der Waals surface area contributed by atoms with Crippen LogP contribution in [0.3, 0.4) is 0 Å². The average molecular weight is 518 g/mol. The fraction of sp³-hybridized carbons (Fsp3) is 0.259.